The first-order valence-electron chi connectivity index (χ1n) is 8.67. The molecule has 2 aromatic rings. The summed E-state index contributed by atoms with van der Waals surface area (Å²) in [4.78, 5) is 37.6. The number of rotatable bonds is 6. The summed E-state index contributed by atoms with van der Waals surface area (Å²) in [6.07, 6.45) is 1.57. The van der Waals surface area contributed by atoms with Gasteiger partial charge in [-0.1, -0.05) is 60.7 Å². The molecule has 0 bridgehead atoms. The third-order valence-corrected chi connectivity index (χ3v) is 4.55. The fourth-order valence-electron chi connectivity index (χ4n) is 3.34. The second-order valence-electron chi connectivity index (χ2n) is 6.20. The van der Waals surface area contributed by atoms with Crippen molar-refractivity contribution in [2.24, 2.45) is 11.8 Å². The smallest absolute Gasteiger partial charge is 0.317 e. The van der Waals surface area contributed by atoms with Crippen molar-refractivity contribution in [3.8, 4) is 0 Å². The number of carbonyl (C=O) groups excluding carboxylic acids is 3. The Bertz CT molecular complexity index is 837. The van der Waals surface area contributed by atoms with Crippen LogP contribution in [0.15, 0.2) is 66.7 Å². The van der Waals surface area contributed by atoms with Crippen LogP contribution in [-0.2, 0) is 14.3 Å². The lowest BCUT2D eigenvalue weighted by Gasteiger charge is -2.20. The first-order valence-corrected chi connectivity index (χ1v) is 8.67. The number of benzene rings is 2. The molecule has 0 saturated heterocycles. The molecule has 3 rings (SSSR count). The Morgan fingerprint density at radius 2 is 1.58 bits per heavy atom. The van der Waals surface area contributed by atoms with Crippen LogP contribution >= 0.6 is 0 Å². The van der Waals surface area contributed by atoms with E-state index in [0.717, 1.165) is 11.1 Å². The molecule has 1 aliphatic carbocycles. The molecule has 0 saturated carbocycles. The first-order chi connectivity index (χ1) is 12.6. The minimum atomic E-state index is -0.960. The maximum absolute atomic E-state index is 12.7. The SMILES string of the molecule is CCOC(=O)[C@H]1C(=O)C=C(c2ccccc2)[C@@H]1CC(=O)c1ccccc1. The van der Waals surface area contributed by atoms with Gasteiger partial charge < -0.3 is 4.74 Å². The summed E-state index contributed by atoms with van der Waals surface area (Å²) in [5, 5.41) is 0. The van der Waals surface area contributed by atoms with Crippen LogP contribution in [0.4, 0.5) is 0 Å². The van der Waals surface area contributed by atoms with Gasteiger partial charge in [-0.3, -0.25) is 14.4 Å². The van der Waals surface area contributed by atoms with Gasteiger partial charge in [-0.15, -0.1) is 0 Å². The van der Waals surface area contributed by atoms with E-state index in [1.54, 1.807) is 31.2 Å². The lowest BCUT2D eigenvalue weighted by Crippen LogP contribution is -2.30. The Balaban J connectivity index is 1.93. The average molecular weight is 348 g/mol. The molecule has 0 aliphatic heterocycles. The Morgan fingerprint density at radius 1 is 0.962 bits per heavy atom. The summed E-state index contributed by atoms with van der Waals surface area (Å²) in [5.41, 5.74) is 2.14. The summed E-state index contributed by atoms with van der Waals surface area (Å²) in [7, 11) is 0. The van der Waals surface area contributed by atoms with Crippen LogP contribution in [0.5, 0.6) is 0 Å². The van der Waals surface area contributed by atoms with Crippen molar-refractivity contribution in [1.29, 1.82) is 0 Å². The Morgan fingerprint density at radius 3 is 2.19 bits per heavy atom. The second-order valence-corrected chi connectivity index (χ2v) is 6.20. The molecule has 0 N–H and O–H groups in total. The molecule has 26 heavy (non-hydrogen) atoms. The van der Waals surface area contributed by atoms with Crippen molar-refractivity contribution in [1.82, 2.24) is 0 Å². The minimum Gasteiger partial charge on any atom is -0.465 e. The van der Waals surface area contributed by atoms with Crippen LogP contribution in [-0.4, -0.2) is 24.1 Å². The van der Waals surface area contributed by atoms with E-state index in [4.69, 9.17) is 4.74 Å². The molecule has 0 radical (unpaired) electrons. The zero-order valence-electron chi connectivity index (χ0n) is 14.6. The van der Waals surface area contributed by atoms with E-state index in [9.17, 15) is 14.4 Å². The van der Waals surface area contributed by atoms with Gasteiger partial charge in [-0.2, -0.15) is 0 Å². The molecule has 2 aromatic carbocycles. The predicted molar refractivity (Wildman–Crippen MR) is 98.4 cm³/mol. The van der Waals surface area contributed by atoms with E-state index < -0.39 is 17.8 Å². The fraction of sp³-hybridized carbons (Fsp3) is 0.227. The highest BCUT2D eigenvalue weighted by Crippen LogP contribution is 2.40. The molecule has 0 heterocycles. The molecule has 132 valence electrons. The van der Waals surface area contributed by atoms with E-state index in [1.165, 1.54) is 6.08 Å². The molecule has 4 heteroatoms. The molecule has 0 spiro atoms. The third-order valence-electron chi connectivity index (χ3n) is 4.55. The summed E-state index contributed by atoms with van der Waals surface area (Å²) in [6.45, 7) is 1.90. The van der Waals surface area contributed by atoms with E-state index in [-0.39, 0.29) is 24.6 Å². The monoisotopic (exact) mass is 348 g/mol. The van der Waals surface area contributed by atoms with E-state index in [0.29, 0.717) is 5.56 Å². The number of hydrogen-bond donors (Lipinski definition) is 0. The number of ketones is 2. The van der Waals surface area contributed by atoms with E-state index in [2.05, 4.69) is 0 Å². The standard InChI is InChI=1S/C22H20O4/c1-2-26-22(25)21-18(14-19(23)16-11-7-4-8-12-16)17(13-20(21)24)15-9-5-3-6-10-15/h3-13,18,21H,2,14H2,1H3/t18-,21+/m0/s1. The highest BCUT2D eigenvalue weighted by molar-refractivity contribution is 6.14. The number of esters is 1. The van der Waals surface area contributed by atoms with Crippen LogP contribution in [0.1, 0.15) is 29.3 Å². The maximum atomic E-state index is 12.7. The summed E-state index contributed by atoms with van der Waals surface area (Å²) < 4.78 is 5.09. The zero-order chi connectivity index (χ0) is 18.5. The van der Waals surface area contributed by atoms with Gasteiger partial charge in [0.15, 0.2) is 11.6 Å². The van der Waals surface area contributed by atoms with Crippen molar-refractivity contribution in [3.63, 3.8) is 0 Å². The van der Waals surface area contributed by atoms with Gasteiger partial charge in [-0.05, 0) is 24.1 Å². The fourth-order valence-corrected chi connectivity index (χ4v) is 3.34. The minimum absolute atomic E-state index is 0.0833. The van der Waals surface area contributed by atoms with Gasteiger partial charge in [0.05, 0.1) is 6.61 Å². The number of ether oxygens (including phenoxy) is 1. The van der Waals surface area contributed by atoms with Crippen LogP contribution in [0, 0.1) is 11.8 Å². The quantitative estimate of drug-likeness (QED) is 0.453. The molecule has 0 unspecified atom stereocenters. The highest BCUT2D eigenvalue weighted by atomic mass is 16.5. The maximum Gasteiger partial charge on any atom is 0.317 e. The normalized spacial score (nSPS) is 19.1. The van der Waals surface area contributed by atoms with Gasteiger partial charge in [-0.25, -0.2) is 0 Å². The molecule has 1 aliphatic rings. The predicted octanol–water partition coefficient (Wildman–Crippen LogP) is 3.72. The Hall–Kier alpha value is -3.01. The average Bonchev–Trinajstić information content (AvgIpc) is 2.99. The van der Waals surface area contributed by atoms with Crippen LogP contribution in [0.2, 0.25) is 0 Å². The molecule has 0 amide bonds. The summed E-state index contributed by atoms with van der Waals surface area (Å²) >= 11 is 0. The van der Waals surface area contributed by atoms with Crippen LogP contribution in [0.25, 0.3) is 5.57 Å². The number of carbonyl (C=O) groups is 3. The van der Waals surface area contributed by atoms with E-state index >= 15 is 0 Å². The largest absolute Gasteiger partial charge is 0.465 e. The molecule has 4 nitrogen and oxygen atoms in total. The van der Waals surface area contributed by atoms with Gasteiger partial charge >= 0.3 is 5.97 Å². The lowest BCUT2D eigenvalue weighted by molar-refractivity contribution is -0.151. The van der Waals surface area contributed by atoms with Gasteiger partial charge in [0.2, 0.25) is 0 Å². The van der Waals surface area contributed by atoms with Crippen LogP contribution in [0.3, 0.4) is 0 Å². The lowest BCUT2D eigenvalue weighted by atomic mass is 9.82. The van der Waals surface area contributed by atoms with Crippen molar-refractivity contribution >= 4 is 23.1 Å². The van der Waals surface area contributed by atoms with Crippen molar-refractivity contribution in [2.75, 3.05) is 6.61 Å². The summed E-state index contributed by atoms with van der Waals surface area (Å²) in [6, 6.07) is 18.3. The first kappa shape index (κ1) is 17.8. The van der Waals surface area contributed by atoms with Gasteiger partial charge in [0.1, 0.15) is 5.92 Å². The second kappa shape index (κ2) is 7.91. The van der Waals surface area contributed by atoms with Gasteiger partial charge in [0, 0.05) is 17.9 Å². The van der Waals surface area contributed by atoms with Crippen molar-refractivity contribution < 1.29 is 19.1 Å². The van der Waals surface area contributed by atoms with E-state index in [1.807, 2.05) is 36.4 Å². The number of hydrogen-bond acceptors (Lipinski definition) is 4. The number of allylic oxidation sites excluding steroid dienone is 2. The van der Waals surface area contributed by atoms with Crippen molar-refractivity contribution in [3.05, 3.63) is 77.9 Å². The van der Waals surface area contributed by atoms with Gasteiger partial charge in [0.25, 0.3) is 0 Å². The Labute approximate surface area is 152 Å². The molecular weight excluding hydrogens is 328 g/mol. The topological polar surface area (TPSA) is 60.4 Å². The van der Waals surface area contributed by atoms with Crippen LogP contribution < -0.4 is 0 Å². The molecule has 0 fully saturated rings. The third kappa shape index (κ3) is 3.64. The molecular formula is C22H20O4. The zero-order valence-corrected chi connectivity index (χ0v) is 14.6. The Kier molecular flexibility index (Phi) is 5.42. The molecule has 0 aromatic heterocycles. The summed E-state index contributed by atoms with van der Waals surface area (Å²) in [5.74, 6) is -2.44. The highest BCUT2D eigenvalue weighted by Gasteiger charge is 2.43. The van der Waals surface area contributed by atoms with Crippen molar-refractivity contribution in [2.45, 2.75) is 13.3 Å². The number of Topliss-reactive ketones (excluding diaryl/α,β-unsaturated/α-hetero) is 1. The molecule has 2 atom stereocenters.